The van der Waals surface area contributed by atoms with Crippen molar-refractivity contribution in [1.29, 1.82) is 0 Å². The largest absolute Gasteiger partial charge is 0.506 e. The van der Waals surface area contributed by atoms with Crippen molar-refractivity contribution in [2.24, 2.45) is 0 Å². The molecule has 5 N–H and O–H groups in total. The predicted octanol–water partition coefficient (Wildman–Crippen LogP) is 15.0. The summed E-state index contributed by atoms with van der Waals surface area (Å²) in [5, 5.41) is 38.3. The van der Waals surface area contributed by atoms with Crippen molar-refractivity contribution < 1.29 is 15.3 Å². The Balaban J connectivity index is 2.00. The summed E-state index contributed by atoms with van der Waals surface area (Å²) in [5.74, 6) is 0.169. The average Bonchev–Trinajstić information content (AvgIpc) is 3.16. The molecule has 5 heteroatoms. The Kier molecular flexibility index (Phi) is 36.3. The molecule has 0 aliphatic carbocycles. The van der Waals surface area contributed by atoms with E-state index in [-0.39, 0.29) is 5.75 Å². The van der Waals surface area contributed by atoms with Crippen LogP contribution in [0.25, 0.3) is 0 Å². The van der Waals surface area contributed by atoms with Crippen LogP contribution in [0.3, 0.4) is 0 Å². The van der Waals surface area contributed by atoms with Gasteiger partial charge in [0.25, 0.3) is 0 Å². The Morgan fingerprint density at radius 2 is 0.679 bits per heavy atom. The van der Waals surface area contributed by atoms with Crippen molar-refractivity contribution in [3.63, 3.8) is 0 Å². The molecule has 0 spiro atoms. The minimum atomic E-state index is -0.441. The third-order valence-electron chi connectivity index (χ3n) is 11.4. The maximum absolute atomic E-state index is 10.6. The summed E-state index contributed by atoms with van der Waals surface area (Å²) in [6.07, 6.45) is 46.9. The van der Waals surface area contributed by atoms with Crippen LogP contribution in [0.1, 0.15) is 245 Å². The van der Waals surface area contributed by atoms with Crippen molar-refractivity contribution in [2.45, 2.75) is 257 Å². The molecule has 2 atom stereocenters. The van der Waals surface area contributed by atoms with E-state index >= 15 is 0 Å². The summed E-state index contributed by atoms with van der Waals surface area (Å²) in [7, 11) is 0. The quantitative estimate of drug-likeness (QED) is 0.0340. The Bertz CT molecular complexity index is 880. The van der Waals surface area contributed by atoms with E-state index in [2.05, 4.69) is 24.5 Å². The average molecular weight is 745 g/mol. The van der Waals surface area contributed by atoms with Gasteiger partial charge in [0.05, 0.1) is 17.9 Å². The van der Waals surface area contributed by atoms with Crippen LogP contribution < -0.4 is 10.6 Å². The number of nitrogens with one attached hydrogen (secondary N) is 2. The van der Waals surface area contributed by atoms with Crippen LogP contribution in [0.5, 0.6) is 5.75 Å². The summed E-state index contributed by atoms with van der Waals surface area (Å²) in [6.45, 7) is 5.44. The molecule has 1 rings (SSSR count). The lowest BCUT2D eigenvalue weighted by molar-refractivity contribution is 0.172. The zero-order chi connectivity index (χ0) is 38.3. The smallest absolute Gasteiger partial charge is 0.140 e. The van der Waals surface area contributed by atoms with E-state index in [9.17, 15) is 15.3 Å². The zero-order valence-corrected chi connectivity index (χ0v) is 35.6. The molecule has 1 aromatic carbocycles. The molecule has 0 bridgehead atoms. The van der Waals surface area contributed by atoms with Crippen LogP contribution in [0.2, 0.25) is 0 Å². The first kappa shape index (κ1) is 49.6. The molecule has 0 aromatic heterocycles. The number of para-hydroxylation sites is 1. The lowest BCUT2D eigenvalue weighted by atomic mass is 10.0. The van der Waals surface area contributed by atoms with Crippen molar-refractivity contribution in [1.82, 2.24) is 0 Å². The molecule has 0 fully saturated rings. The van der Waals surface area contributed by atoms with Gasteiger partial charge < -0.3 is 26.0 Å². The van der Waals surface area contributed by atoms with Crippen LogP contribution in [0, 0.1) is 0 Å². The van der Waals surface area contributed by atoms with Crippen LogP contribution in [0.4, 0.5) is 11.4 Å². The Hall–Kier alpha value is -1.46. The highest BCUT2D eigenvalue weighted by Gasteiger charge is 2.12. The van der Waals surface area contributed by atoms with Gasteiger partial charge in [-0.25, -0.2) is 0 Å². The molecule has 0 saturated heterocycles. The summed E-state index contributed by atoms with van der Waals surface area (Å²) in [4.78, 5) is 0. The molecule has 0 heterocycles. The van der Waals surface area contributed by atoms with E-state index < -0.39 is 12.2 Å². The monoisotopic (exact) mass is 745 g/mol. The van der Waals surface area contributed by atoms with E-state index in [0.29, 0.717) is 18.8 Å². The van der Waals surface area contributed by atoms with Gasteiger partial charge in [0.2, 0.25) is 0 Å². The fourth-order valence-electron chi connectivity index (χ4n) is 7.73. The maximum Gasteiger partial charge on any atom is 0.140 e. The highest BCUT2D eigenvalue weighted by Crippen LogP contribution is 2.32. The second-order valence-corrected chi connectivity index (χ2v) is 16.7. The number of aliphatic hydroxyl groups excluding tert-OH is 2. The van der Waals surface area contributed by atoms with Gasteiger partial charge in [-0.3, -0.25) is 0 Å². The van der Waals surface area contributed by atoms with Gasteiger partial charge in [0, 0.05) is 13.1 Å². The van der Waals surface area contributed by atoms with Gasteiger partial charge in [-0.15, -0.1) is 0 Å². The van der Waals surface area contributed by atoms with Gasteiger partial charge in [0.1, 0.15) is 11.4 Å². The maximum atomic E-state index is 10.6. The molecule has 0 amide bonds. The number of unbranched alkanes of at least 4 members (excludes halogenated alkanes) is 32. The van der Waals surface area contributed by atoms with Crippen molar-refractivity contribution in [3.8, 4) is 5.75 Å². The molecule has 0 radical (unpaired) electrons. The third-order valence-corrected chi connectivity index (χ3v) is 11.4. The van der Waals surface area contributed by atoms with Crippen LogP contribution in [-0.4, -0.2) is 40.6 Å². The number of aliphatic hydroxyl groups is 2. The number of aromatic hydroxyl groups is 1. The standard InChI is InChI=1S/C48H92N2O3/c1-3-5-7-9-11-13-15-17-19-21-23-25-27-29-31-33-35-38-44(51)42-49-46-40-37-41-47(53)48(46)50-43-45(52)39-36-34-32-30-28-26-24-22-20-18-16-14-12-10-8-6-4-2/h37,40-41,44-45,49-53H,3-36,38-39,42-43H2,1-2H3. The number of rotatable bonds is 42. The van der Waals surface area contributed by atoms with Crippen molar-refractivity contribution in [3.05, 3.63) is 18.2 Å². The molecule has 53 heavy (non-hydrogen) atoms. The second kappa shape index (κ2) is 38.8. The molecule has 1 aromatic rings. The van der Waals surface area contributed by atoms with Crippen LogP contribution >= 0.6 is 0 Å². The first-order valence-electron chi connectivity index (χ1n) is 23.7. The second-order valence-electron chi connectivity index (χ2n) is 16.7. The molecule has 2 unspecified atom stereocenters. The van der Waals surface area contributed by atoms with Gasteiger partial charge in [-0.2, -0.15) is 0 Å². The summed E-state index contributed by atoms with van der Waals surface area (Å²) in [6, 6.07) is 5.41. The topological polar surface area (TPSA) is 84.8 Å². The number of hydrogen-bond acceptors (Lipinski definition) is 5. The molecule has 5 nitrogen and oxygen atoms in total. The highest BCUT2D eigenvalue weighted by atomic mass is 16.3. The lowest BCUT2D eigenvalue weighted by Gasteiger charge is -2.19. The first-order valence-corrected chi connectivity index (χ1v) is 23.7. The van der Waals surface area contributed by atoms with E-state index in [0.717, 1.165) is 31.4 Å². The number of phenols is 1. The fraction of sp³-hybridized carbons (Fsp3) is 0.875. The first-order chi connectivity index (χ1) is 26.1. The molecule has 0 saturated carbocycles. The fourth-order valence-corrected chi connectivity index (χ4v) is 7.73. The SMILES string of the molecule is CCCCCCCCCCCCCCCCCCCC(O)CNc1cccc(O)c1NCC(O)CCCCCCCCCCCCCCCCCCC. The van der Waals surface area contributed by atoms with E-state index in [1.54, 1.807) is 6.07 Å². The Morgan fingerprint density at radius 3 is 1.00 bits per heavy atom. The minimum Gasteiger partial charge on any atom is -0.506 e. The number of anilines is 2. The summed E-state index contributed by atoms with van der Waals surface area (Å²) >= 11 is 0. The number of benzene rings is 1. The van der Waals surface area contributed by atoms with E-state index in [1.807, 2.05) is 12.1 Å². The van der Waals surface area contributed by atoms with E-state index in [1.165, 1.54) is 205 Å². The summed E-state index contributed by atoms with van der Waals surface area (Å²) in [5.41, 5.74) is 1.38. The predicted molar refractivity (Wildman–Crippen MR) is 235 cm³/mol. The Labute approximate surface area is 330 Å². The molecular formula is C48H92N2O3. The van der Waals surface area contributed by atoms with E-state index in [4.69, 9.17) is 0 Å². The molecule has 312 valence electrons. The van der Waals surface area contributed by atoms with Crippen molar-refractivity contribution in [2.75, 3.05) is 23.7 Å². The lowest BCUT2D eigenvalue weighted by Crippen LogP contribution is -2.22. The van der Waals surface area contributed by atoms with Crippen LogP contribution in [0.15, 0.2) is 18.2 Å². The van der Waals surface area contributed by atoms with Gasteiger partial charge in [-0.1, -0.05) is 238 Å². The molecule has 0 aliphatic heterocycles. The third kappa shape index (κ3) is 32.5. The zero-order valence-electron chi connectivity index (χ0n) is 35.6. The molecular weight excluding hydrogens is 653 g/mol. The highest BCUT2D eigenvalue weighted by molar-refractivity contribution is 5.75. The normalized spacial score (nSPS) is 12.7. The molecule has 0 aliphatic rings. The Morgan fingerprint density at radius 1 is 0.396 bits per heavy atom. The van der Waals surface area contributed by atoms with Crippen molar-refractivity contribution >= 4 is 11.4 Å². The van der Waals surface area contributed by atoms with Gasteiger partial charge in [0.15, 0.2) is 0 Å². The van der Waals surface area contributed by atoms with Crippen LogP contribution in [-0.2, 0) is 0 Å². The number of phenolic OH excluding ortho intramolecular Hbond substituents is 1. The number of hydrogen-bond donors (Lipinski definition) is 5. The van der Waals surface area contributed by atoms with Gasteiger partial charge in [-0.05, 0) is 25.0 Å². The summed E-state index contributed by atoms with van der Waals surface area (Å²) < 4.78 is 0. The van der Waals surface area contributed by atoms with Gasteiger partial charge >= 0.3 is 0 Å². The minimum absolute atomic E-state index is 0.169.